The van der Waals surface area contributed by atoms with Gasteiger partial charge in [-0.2, -0.15) is 0 Å². The number of hydrogen-bond acceptors (Lipinski definition) is 3. The van der Waals surface area contributed by atoms with Gasteiger partial charge in [-0.25, -0.2) is 0 Å². The van der Waals surface area contributed by atoms with Gasteiger partial charge in [-0.05, 0) is 55.5 Å². The highest BCUT2D eigenvalue weighted by molar-refractivity contribution is 8.05. The van der Waals surface area contributed by atoms with Crippen molar-refractivity contribution in [1.29, 1.82) is 0 Å². The molecule has 3 atom stereocenters. The molecular formula is C33H35N3OS. The van der Waals surface area contributed by atoms with E-state index in [1.807, 2.05) is 18.2 Å². The number of amides is 1. The zero-order valence-electron chi connectivity index (χ0n) is 22.1. The predicted octanol–water partition coefficient (Wildman–Crippen LogP) is 7.89. The topological polar surface area (TPSA) is 37.3 Å². The summed E-state index contributed by atoms with van der Waals surface area (Å²) in [5, 5.41) is 4.86. The van der Waals surface area contributed by atoms with Gasteiger partial charge < -0.3 is 14.8 Å². The molecule has 1 saturated carbocycles. The van der Waals surface area contributed by atoms with E-state index in [2.05, 4.69) is 101 Å². The number of hydrogen-bond donors (Lipinski definition) is 1. The smallest absolute Gasteiger partial charge is 0.262 e. The first-order valence-corrected chi connectivity index (χ1v) is 14.6. The minimum atomic E-state index is -0.111. The third-order valence-electron chi connectivity index (χ3n) is 8.16. The van der Waals surface area contributed by atoms with Gasteiger partial charge in [0.25, 0.3) is 5.91 Å². The number of carbonyl (C=O) groups excluding carboxylic acids is 1. The Balaban J connectivity index is 1.39. The molecule has 1 saturated heterocycles. The van der Waals surface area contributed by atoms with Crippen LogP contribution in [0, 0.1) is 12.8 Å². The minimum Gasteiger partial charge on any atom is -0.356 e. The summed E-state index contributed by atoms with van der Waals surface area (Å²) in [5.74, 6) is 0.656. The van der Waals surface area contributed by atoms with E-state index in [0.29, 0.717) is 5.92 Å². The molecule has 5 heteroatoms. The van der Waals surface area contributed by atoms with E-state index in [4.69, 9.17) is 0 Å². The van der Waals surface area contributed by atoms with Crippen LogP contribution in [0.5, 0.6) is 0 Å². The number of para-hydroxylation sites is 2. The maximum atomic E-state index is 14.1. The fourth-order valence-corrected chi connectivity index (χ4v) is 7.30. The summed E-state index contributed by atoms with van der Waals surface area (Å²) in [5.41, 5.74) is 5.74. The van der Waals surface area contributed by atoms with Crippen LogP contribution in [0.1, 0.15) is 49.4 Å². The van der Waals surface area contributed by atoms with Crippen LogP contribution in [-0.4, -0.2) is 26.9 Å². The number of fused-ring (bicyclic) bond motifs is 1. The largest absolute Gasteiger partial charge is 0.356 e. The number of nitrogens with one attached hydrogen (secondary N) is 1. The van der Waals surface area contributed by atoms with Crippen LogP contribution in [0.25, 0.3) is 17.0 Å². The van der Waals surface area contributed by atoms with Gasteiger partial charge in [0.1, 0.15) is 0 Å². The lowest BCUT2D eigenvalue weighted by atomic mass is 9.85. The summed E-state index contributed by atoms with van der Waals surface area (Å²) in [7, 11) is 0. The Hall–Kier alpha value is -3.44. The van der Waals surface area contributed by atoms with Crippen molar-refractivity contribution in [3.05, 3.63) is 107 Å². The lowest BCUT2D eigenvalue weighted by Crippen LogP contribution is -2.48. The molecule has 6 rings (SSSR count). The van der Waals surface area contributed by atoms with Crippen molar-refractivity contribution in [2.45, 2.75) is 57.6 Å². The third-order valence-corrected chi connectivity index (χ3v) is 9.28. The first kappa shape index (κ1) is 24.9. The zero-order chi connectivity index (χ0) is 26.1. The maximum Gasteiger partial charge on any atom is 0.262 e. The predicted molar refractivity (Wildman–Crippen MR) is 160 cm³/mol. The van der Waals surface area contributed by atoms with Crippen LogP contribution in [0.3, 0.4) is 0 Å². The Labute approximate surface area is 229 Å². The van der Waals surface area contributed by atoms with Crippen molar-refractivity contribution in [2.24, 2.45) is 5.92 Å². The summed E-state index contributed by atoms with van der Waals surface area (Å²) in [6, 6.07) is 29.7. The molecule has 0 spiro atoms. The van der Waals surface area contributed by atoms with Crippen molar-refractivity contribution in [3.8, 4) is 0 Å². The van der Waals surface area contributed by atoms with E-state index in [1.165, 1.54) is 41.4 Å². The summed E-state index contributed by atoms with van der Waals surface area (Å²) < 4.78 is 2.38. The van der Waals surface area contributed by atoms with Crippen LogP contribution in [0.4, 0.5) is 5.69 Å². The summed E-state index contributed by atoms with van der Waals surface area (Å²) in [6.07, 6.45) is 6.85. The second-order valence-corrected chi connectivity index (χ2v) is 11.7. The van der Waals surface area contributed by atoms with Crippen LogP contribution in [0.15, 0.2) is 89.8 Å². The van der Waals surface area contributed by atoms with Crippen molar-refractivity contribution < 1.29 is 4.79 Å². The highest BCUT2D eigenvalue weighted by Gasteiger charge is 2.43. The van der Waals surface area contributed by atoms with Crippen LogP contribution in [0.2, 0.25) is 0 Å². The van der Waals surface area contributed by atoms with Gasteiger partial charge in [0.05, 0.1) is 4.91 Å². The highest BCUT2D eigenvalue weighted by Crippen LogP contribution is 2.43. The van der Waals surface area contributed by atoms with E-state index in [0.717, 1.165) is 29.1 Å². The van der Waals surface area contributed by atoms with Gasteiger partial charge in [0, 0.05) is 40.4 Å². The molecule has 1 unspecified atom stereocenters. The highest BCUT2D eigenvalue weighted by atomic mass is 32.2. The van der Waals surface area contributed by atoms with E-state index < -0.39 is 0 Å². The molecule has 0 bridgehead atoms. The third kappa shape index (κ3) is 4.76. The molecule has 1 aliphatic heterocycles. The van der Waals surface area contributed by atoms with Crippen molar-refractivity contribution in [3.63, 3.8) is 0 Å². The molecule has 2 aliphatic rings. The number of carbonyl (C=O) groups is 1. The van der Waals surface area contributed by atoms with E-state index >= 15 is 0 Å². The Morgan fingerprint density at radius 2 is 1.61 bits per heavy atom. The molecule has 1 amide bonds. The standard InChI is InChI=1S/C33H35N3OS/c1-23-13-9-11-19-29(23)36-32(37)31(38-33(36)34-26-16-7-4-8-17-26)21-28-24(2)35(22-25-14-5-3-6-15-25)30-20-12-10-18-27(28)30/h3-8,10,12,14-18,20-21,23,29,33-34H,9,11,13,19,22H2,1-2H3/b31-21-/t23-,29-,33?/m1/s1. The summed E-state index contributed by atoms with van der Waals surface area (Å²) in [6.45, 7) is 5.30. The van der Waals surface area contributed by atoms with Gasteiger partial charge in [0.2, 0.25) is 0 Å². The molecule has 1 N–H and O–H groups in total. The monoisotopic (exact) mass is 521 g/mol. The van der Waals surface area contributed by atoms with Crippen LogP contribution in [-0.2, 0) is 11.3 Å². The molecule has 1 aromatic heterocycles. The van der Waals surface area contributed by atoms with Gasteiger partial charge >= 0.3 is 0 Å². The molecule has 2 heterocycles. The molecule has 38 heavy (non-hydrogen) atoms. The number of aromatic nitrogens is 1. The van der Waals surface area contributed by atoms with Gasteiger partial charge in [-0.15, -0.1) is 0 Å². The molecule has 4 aromatic rings. The Morgan fingerprint density at radius 1 is 0.921 bits per heavy atom. The minimum absolute atomic E-state index is 0.111. The lowest BCUT2D eigenvalue weighted by molar-refractivity contribution is -0.129. The number of rotatable bonds is 6. The lowest BCUT2D eigenvalue weighted by Gasteiger charge is -2.39. The van der Waals surface area contributed by atoms with Crippen molar-refractivity contribution >= 4 is 40.3 Å². The first-order chi connectivity index (χ1) is 18.6. The summed E-state index contributed by atoms with van der Waals surface area (Å²) in [4.78, 5) is 17.1. The van der Waals surface area contributed by atoms with E-state index in [1.54, 1.807) is 11.8 Å². The quantitative estimate of drug-likeness (QED) is 0.262. The Bertz CT molecular complexity index is 1460. The van der Waals surface area contributed by atoms with Crippen LogP contribution >= 0.6 is 11.8 Å². The molecule has 2 fully saturated rings. The molecule has 194 valence electrons. The number of nitrogens with zero attached hydrogens (tertiary/aromatic N) is 2. The first-order valence-electron chi connectivity index (χ1n) is 13.7. The molecular weight excluding hydrogens is 486 g/mol. The molecule has 0 radical (unpaired) electrons. The number of thioether (sulfide) groups is 1. The fourth-order valence-electron chi connectivity index (χ4n) is 6.11. The molecule has 1 aliphatic carbocycles. The average molecular weight is 522 g/mol. The van der Waals surface area contributed by atoms with Gasteiger partial charge in [-0.1, -0.05) is 98.3 Å². The van der Waals surface area contributed by atoms with Gasteiger partial charge in [-0.3, -0.25) is 4.79 Å². The normalized spacial score (nSPS) is 22.9. The average Bonchev–Trinajstić information content (AvgIpc) is 3.39. The van der Waals surface area contributed by atoms with Crippen molar-refractivity contribution in [1.82, 2.24) is 9.47 Å². The fraction of sp³-hybridized carbons (Fsp3) is 0.303. The number of benzene rings is 3. The van der Waals surface area contributed by atoms with E-state index in [9.17, 15) is 4.79 Å². The Morgan fingerprint density at radius 3 is 2.37 bits per heavy atom. The van der Waals surface area contributed by atoms with E-state index in [-0.39, 0.29) is 17.4 Å². The maximum absolute atomic E-state index is 14.1. The SMILES string of the molecule is Cc1c(/C=C2\SC(Nc3ccccc3)N([C@@H]3CCCC[C@H]3C)C2=O)c2ccccc2n1Cc1ccccc1. The number of anilines is 1. The Kier molecular flexibility index (Phi) is 7.03. The second-order valence-electron chi connectivity index (χ2n) is 10.6. The van der Waals surface area contributed by atoms with Crippen molar-refractivity contribution in [2.75, 3.05) is 5.32 Å². The zero-order valence-corrected chi connectivity index (χ0v) is 23.0. The summed E-state index contributed by atoms with van der Waals surface area (Å²) >= 11 is 1.66. The molecule has 3 aromatic carbocycles. The molecule has 4 nitrogen and oxygen atoms in total. The second kappa shape index (κ2) is 10.7. The van der Waals surface area contributed by atoms with Crippen LogP contribution < -0.4 is 5.32 Å². The van der Waals surface area contributed by atoms with Gasteiger partial charge in [0.15, 0.2) is 5.50 Å².